The lowest BCUT2D eigenvalue weighted by atomic mass is 10.1. The number of nitrogens with zero attached hydrogens (tertiary/aromatic N) is 2. The number of rotatable bonds is 3. The van der Waals surface area contributed by atoms with Crippen molar-refractivity contribution in [1.29, 1.82) is 5.26 Å². The van der Waals surface area contributed by atoms with Gasteiger partial charge < -0.3 is 0 Å². The van der Waals surface area contributed by atoms with E-state index >= 15 is 0 Å². The molecule has 5 nitrogen and oxygen atoms in total. The van der Waals surface area contributed by atoms with Crippen molar-refractivity contribution in [2.24, 2.45) is 0 Å². The third-order valence-corrected chi connectivity index (χ3v) is 3.61. The van der Waals surface area contributed by atoms with Gasteiger partial charge in [0.05, 0.1) is 18.0 Å². The van der Waals surface area contributed by atoms with E-state index in [2.05, 4.69) is 11.5 Å². The van der Waals surface area contributed by atoms with Gasteiger partial charge in [0.15, 0.2) is 0 Å². The highest BCUT2D eigenvalue weighted by Crippen LogP contribution is 2.16. The molecule has 2 rings (SSSR count). The highest BCUT2D eigenvalue weighted by Gasteiger charge is 2.29. The zero-order valence-corrected chi connectivity index (χ0v) is 14.6. The highest BCUT2D eigenvalue weighted by atomic mass is 16.2. The van der Waals surface area contributed by atoms with E-state index < -0.39 is 5.54 Å². The van der Waals surface area contributed by atoms with Crippen molar-refractivity contribution in [3.63, 3.8) is 0 Å². The Morgan fingerprint density at radius 1 is 1.00 bits per heavy atom. The molecule has 25 heavy (non-hydrogen) atoms. The summed E-state index contributed by atoms with van der Waals surface area (Å²) in [6.07, 6.45) is 0.294. The van der Waals surface area contributed by atoms with Crippen LogP contribution in [0.3, 0.4) is 0 Å². The SMILES string of the molecule is CC(C)(C)N(NC(=O)c1ccc(CC#N)cc1)C(=O)c1ccccc1. The molecule has 0 saturated heterocycles. The van der Waals surface area contributed by atoms with Crippen molar-refractivity contribution in [2.75, 3.05) is 0 Å². The standard InChI is InChI=1S/C20H21N3O2/c1-20(2,3)23(19(25)17-7-5-4-6-8-17)22-18(24)16-11-9-15(10-12-16)13-14-21/h4-12H,13H2,1-3H3,(H,22,24). The molecule has 0 saturated carbocycles. The predicted molar refractivity (Wildman–Crippen MR) is 95.6 cm³/mol. The summed E-state index contributed by atoms with van der Waals surface area (Å²) in [7, 11) is 0. The number of carbonyl (C=O) groups is 2. The molecule has 2 aromatic rings. The summed E-state index contributed by atoms with van der Waals surface area (Å²) >= 11 is 0. The lowest BCUT2D eigenvalue weighted by molar-refractivity contribution is 0.0358. The topological polar surface area (TPSA) is 73.2 Å². The van der Waals surface area contributed by atoms with Gasteiger partial charge in [-0.05, 0) is 50.6 Å². The molecule has 0 aliphatic heterocycles. The summed E-state index contributed by atoms with van der Waals surface area (Å²) in [4.78, 5) is 25.3. The number of hydrogen-bond donors (Lipinski definition) is 1. The van der Waals surface area contributed by atoms with Crippen LogP contribution in [0.15, 0.2) is 54.6 Å². The molecular weight excluding hydrogens is 314 g/mol. The first-order chi connectivity index (χ1) is 11.8. The van der Waals surface area contributed by atoms with Crippen molar-refractivity contribution < 1.29 is 9.59 Å². The Morgan fingerprint density at radius 3 is 2.12 bits per heavy atom. The van der Waals surface area contributed by atoms with Crippen LogP contribution in [0, 0.1) is 11.3 Å². The lowest BCUT2D eigenvalue weighted by Crippen LogP contribution is -2.55. The van der Waals surface area contributed by atoms with Crippen LogP contribution >= 0.6 is 0 Å². The van der Waals surface area contributed by atoms with Gasteiger partial charge in [-0.2, -0.15) is 5.26 Å². The largest absolute Gasteiger partial charge is 0.272 e. The normalized spacial score (nSPS) is 10.6. The van der Waals surface area contributed by atoms with Crippen molar-refractivity contribution in [3.8, 4) is 6.07 Å². The van der Waals surface area contributed by atoms with Crippen molar-refractivity contribution in [3.05, 3.63) is 71.3 Å². The molecule has 0 bridgehead atoms. The third kappa shape index (κ3) is 4.67. The van der Waals surface area contributed by atoms with E-state index in [0.717, 1.165) is 5.56 Å². The molecule has 0 aliphatic rings. The van der Waals surface area contributed by atoms with Gasteiger partial charge in [0, 0.05) is 11.1 Å². The van der Waals surface area contributed by atoms with Gasteiger partial charge in [-0.1, -0.05) is 30.3 Å². The van der Waals surface area contributed by atoms with Gasteiger partial charge in [0.2, 0.25) is 0 Å². The Morgan fingerprint density at radius 2 is 1.60 bits per heavy atom. The van der Waals surface area contributed by atoms with E-state index in [9.17, 15) is 9.59 Å². The van der Waals surface area contributed by atoms with E-state index in [-0.39, 0.29) is 11.8 Å². The molecule has 0 atom stereocenters. The fourth-order valence-electron chi connectivity index (χ4n) is 2.26. The molecule has 0 radical (unpaired) electrons. The number of carbonyl (C=O) groups excluding carboxylic acids is 2. The summed E-state index contributed by atoms with van der Waals surface area (Å²) in [5.74, 6) is -0.648. The van der Waals surface area contributed by atoms with Crippen molar-refractivity contribution in [2.45, 2.75) is 32.7 Å². The Labute approximate surface area is 147 Å². The smallest absolute Gasteiger partial charge is 0.267 e. The molecule has 0 fully saturated rings. The first-order valence-corrected chi connectivity index (χ1v) is 7.99. The predicted octanol–water partition coefficient (Wildman–Crippen LogP) is 3.34. The Balaban J connectivity index is 2.21. The maximum Gasteiger partial charge on any atom is 0.272 e. The summed E-state index contributed by atoms with van der Waals surface area (Å²) < 4.78 is 0. The molecule has 5 heteroatoms. The lowest BCUT2D eigenvalue weighted by Gasteiger charge is -2.35. The maximum absolute atomic E-state index is 12.8. The molecule has 0 spiro atoms. The number of benzene rings is 2. The van der Waals surface area contributed by atoms with Crippen LogP contribution in [0.1, 0.15) is 47.1 Å². The average molecular weight is 335 g/mol. The van der Waals surface area contributed by atoms with E-state index in [1.54, 1.807) is 48.5 Å². The molecule has 0 heterocycles. The molecule has 0 unspecified atom stereocenters. The van der Waals surface area contributed by atoms with Crippen molar-refractivity contribution >= 4 is 11.8 Å². The summed E-state index contributed by atoms with van der Waals surface area (Å²) in [5, 5.41) is 10.0. The second-order valence-electron chi connectivity index (χ2n) is 6.65. The minimum absolute atomic E-state index is 0.275. The van der Waals surface area contributed by atoms with E-state index in [1.165, 1.54) is 5.01 Å². The van der Waals surface area contributed by atoms with Gasteiger partial charge in [-0.15, -0.1) is 0 Å². The monoisotopic (exact) mass is 335 g/mol. The van der Waals surface area contributed by atoms with Crippen LogP contribution < -0.4 is 5.43 Å². The Hall–Kier alpha value is -3.13. The van der Waals surface area contributed by atoms with Gasteiger partial charge in [-0.25, -0.2) is 5.01 Å². The molecule has 128 valence electrons. The quantitative estimate of drug-likeness (QED) is 0.874. The minimum Gasteiger partial charge on any atom is -0.267 e. The number of amides is 2. The Kier molecular flexibility index (Phi) is 5.56. The molecule has 1 N–H and O–H groups in total. The second kappa shape index (κ2) is 7.63. The minimum atomic E-state index is -0.594. The van der Waals surface area contributed by atoms with Crippen LogP contribution in [0.25, 0.3) is 0 Å². The van der Waals surface area contributed by atoms with Crippen LogP contribution in [-0.4, -0.2) is 22.4 Å². The van der Waals surface area contributed by atoms with Gasteiger partial charge in [-0.3, -0.25) is 15.0 Å². The van der Waals surface area contributed by atoms with Gasteiger partial charge in [0.25, 0.3) is 11.8 Å². The molecule has 2 amide bonds. The highest BCUT2D eigenvalue weighted by molar-refractivity contribution is 5.99. The maximum atomic E-state index is 12.8. The van der Waals surface area contributed by atoms with Gasteiger partial charge >= 0.3 is 0 Å². The number of hydrazine groups is 1. The first-order valence-electron chi connectivity index (χ1n) is 7.99. The van der Waals surface area contributed by atoms with Crippen LogP contribution in [0.2, 0.25) is 0 Å². The number of nitriles is 1. The van der Waals surface area contributed by atoms with Crippen LogP contribution in [0.4, 0.5) is 0 Å². The fourth-order valence-corrected chi connectivity index (χ4v) is 2.26. The number of hydrogen-bond acceptors (Lipinski definition) is 3. The van der Waals surface area contributed by atoms with Crippen LogP contribution in [0.5, 0.6) is 0 Å². The van der Waals surface area contributed by atoms with Gasteiger partial charge in [0.1, 0.15) is 0 Å². The summed E-state index contributed by atoms with van der Waals surface area (Å²) in [6, 6.07) is 17.7. The zero-order chi connectivity index (χ0) is 18.4. The van der Waals surface area contributed by atoms with Crippen LogP contribution in [-0.2, 0) is 6.42 Å². The number of nitrogens with one attached hydrogen (secondary N) is 1. The third-order valence-electron chi connectivity index (χ3n) is 3.61. The molecule has 0 aromatic heterocycles. The summed E-state index contributed by atoms with van der Waals surface area (Å²) in [6.45, 7) is 5.55. The van der Waals surface area contributed by atoms with E-state index in [4.69, 9.17) is 5.26 Å². The van der Waals surface area contributed by atoms with E-state index in [1.807, 2.05) is 26.8 Å². The first kappa shape index (κ1) is 18.2. The fraction of sp³-hybridized carbons (Fsp3) is 0.250. The molecular formula is C20H21N3O2. The van der Waals surface area contributed by atoms with E-state index in [0.29, 0.717) is 17.5 Å². The average Bonchev–Trinajstić information content (AvgIpc) is 2.59. The zero-order valence-electron chi connectivity index (χ0n) is 14.6. The molecule has 0 aliphatic carbocycles. The molecule has 2 aromatic carbocycles. The van der Waals surface area contributed by atoms with Crippen molar-refractivity contribution in [1.82, 2.24) is 10.4 Å². The Bertz CT molecular complexity index is 784. The summed E-state index contributed by atoms with van der Waals surface area (Å²) in [5.41, 5.74) is 3.88. The second-order valence-corrected chi connectivity index (χ2v) is 6.65.